The Morgan fingerprint density at radius 1 is 1.35 bits per heavy atom. The second-order valence-corrected chi connectivity index (χ2v) is 4.70. The van der Waals surface area contributed by atoms with Gasteiger partial charge in [-0.1, -0.05) is 6.42 Å². The van der Waals surface area contributed by atoms with Gasteiger partial charge in [0.1, 0.15) is 0 Å². The van der Waals surface area contributed by atoms with Crippen LogP contribution in [-0.4, -0.2) is 29.2 Å². The summed E-state index contributed by atoms with van der Waals surface area (Å²) in [5, 5.41) is 2.29. The minimum Gasteiger partial charge on any atom is -0.493 e. The summed E-state index contributed by atoms with van der Waals surface area (Å²) >= 11 is 0. The van der Waals surface area contributed by atoms with E-state index in [1.807, 2.05) is 12.1 Å². The first kappa shape index (κ1) is 12.2. The Morgan fingerprint density at radius 2 is 2.06 bits per heavy atom. The first-order valence-corrected chi connectivity index (χ1v) is 6.26. The number of hydrazine groups is 1. The number of aromatic nitrogens is 1. The van der Waals surface area contributed by atoms with Gasteiger partial charge in [-0.15, -0.1) is 0 Å². The molecule has 1 aromatic rings. The smallest absolute Gasteiger partial charge is 0.183 e. The molecule has 1 aliphatic rings. The van der Waals surface area contributed by atoms with E-state index >= 15 is 0 Å². The number of nitrogens with zero attached hydrogens (tertiary/aromatic N) is 2. The predicted molar refractivity (Wildman–Crippen MR) is 69.0 cm³/mol. The highest BCUT2D eigenvalue weighted by Gasteiger charge is 2.25. The Balaban J connectivity index is 2.13. The van der Waals surface area contributed by atoms with Gasteiger partial charge in [-0.05, 0) is 38.8 Å². The van der Waals surface area contributed by atoms with Crippen LogP contribution in [0, 0.1) is 0 Å². The lowest BCUT2D eigenvalue weighted by molar-refractivity contribution is 0.134. The number of piperidine rings is 1. The number of pyridine rings is 1. The molecule has 0 aromatic carbocycles. The molecule has 2 heterocycles. The van der Waals surface area contributed by atoms with Gasteiger partial charge in [0, 0.05) is 18.3 Å². The summed E-state index contributed by atoms with van der Waals surface area (Å²) in [6, 6.07) is 4.87. The van der Waals surface area contributed by atoms with Crippen molar-refractivity contribution in [2.24, 2.45) is 0 Å². The van der Waals surface area contributed by atoms with Gasteiger partial charge in [0.2, 0.25) is 0 Å². The molecule has 94 valence electrons. The molecule has 1 saturated heterocycles. The summed E-state index contributed by atoms with van der Waals surface area (Å²) in [6.45, 7) is 4.50. The summed E-state index contributed by atoms with van der Waals surface area (Å²) < 4.78 is 5.31. The summed E-state index contributed by atoms with van der Waals surface area (Å²) in [4.78, 5) is 4.33. The third-order valence-electron chi connectivity index (χ3n) is 3.42. The average Bonchev–Trinajstić information content (AvgIpc) is 2.34. The summed E-state index contributed by atoms with van der Waals surface area (Å²) in [6.07, 6.45) is 5.54. The normalized spacial score (nSPS) is 25.6. The molecule has 17 heavy (non-hydrogen) atoms. The number of methoxy groups -OCH3 is 1. The van der Waals surface area contributed by atoms with E-state index in [2.05, 4.69) is 29.3 Å². The van der Waals surface area contributed by atoms with Crippen LogP contribution in [0.4, 0.5) is 5.82 Å². The van der Waals surface area contributed by atoms with Crippen LogP contribution in [0.2, 0.25) is 0 Å². The van der Waals surface area contributed by atoms with Crippen molar-refractivity contribution < 1.29 is 4.74 Å². The molecular formula is C13H21N3O. The molecule has 4 nitrogen and oxygen atoms in total. The molecule has 2 unspecified atom stereocenters. The van der Waals surface area contributed by atoms with Crippen LogP contribution in [0.15, 0.2) is 18.3 Å². The molecule has 0 radical (unpaired) electrons. The number of rotatable bonds is 3. The zero-order valence-electron chi connectivity index (χ0n) is 10.8. The Bertz CT molecular complexity index is 359. The van der Waals surface area contributed by atoms with Crippen LogP contribution in [0.3, 0.4) is 0 Å². The second kappa shape index (κ2) is 5.36. The first-order chi connectivity index (χ1) is 8.22. The van der Waals surface area contributed by atoms with Crippen LogP contribution in [-0.2, 0) is 0 Å². The molecule has 0 bridgehead atoms. The molecular weight excluding hydrogens is 214 g/mol. The molecule has 0 spiro atoms. The fourth-order valence-electron chi connectivity index (χ4n) is 2.40. The Kier molecular flexibility index (Phi) is 3.84. The van der Waals surface area contributed by atoms with Crippen LogP contribution in [0.25, 0.3) is 0 Å². The lowest BCUT2D eigenvalue weighted by atomic mass is 10.00. The van der Waals surface area contributed by atoms with Crippen LogP contribution in [0.1, 0.15) is 33.1 Å². The van der Waals surface area contributed by atoms with Crippen molar-refractivity contribution in [3.63, 3.8) is 0 Å². The summed E-state index contributed by atoms with van der Waals surface area (Å²) in [5.41, 5.74) is 3.40. The highest BCUT2D eigenvalue weighted by atomic mass is 16.5. The minimum absolute atomic E-state index is 0.533. The first-order valence-electron chi connectivity index (χ1n) is 6.26. The highest BCUT2D eigenvalue weighted by molar-refractivity contribution is 5.48. The largest absolute Gasteiger partial charge is 0.493 e. The van der Waals surface area contributed by atoms with Gasteiger partial charge >= 0.3 is 0 Å². The number of hydrogen-bond acceptors (Lipinski definition) is 4. The molecule has 4 heteroatoms. The van der Waals surface area contributed by atoms with E-state index in [1.54, 1.807) is 13.3 Å². The molecule has 1 N–H and O–H groups in total. The van der Waals surface area contributed by atoms with Crippen molar-refractivity contribution in [2.45, 2.75) is 45.2 Å². The second-order valence-electron chi connectivity index (χ2n) is 4.70. The van der Waals surface area contributed by atoms with E-state index in [9.17, 15) is 0 Å². The number of nitrogens with one attached hydrogen (secondary N) is 1. The molecule has 0 amide bonds. The van der Waals surface area contributed by atoms with Crippen molar-refractivity contribution in [2.75, 3.05) is 12.5 Å². The van der Waals surface area contributed by atoms with Gasteiger partial charge < -0.3 is 4.74 Å². The van der Waals surface area contributed by atoms with Crippen LogP contribution >= 0.6 is 0 Å². The van der Waals surface area contributed by atoms with E-state index < -0.39 is 0 Å². The van der Waals surface area contributed by atoms with Crippen molar-refractivity contribution in [3.05, 3.63) is 18.3 Å². The third kappa shape index (κ3) is 2.69. The van der Waals surface area contributed by atoms with Crippen molar-refractivity contribution in [1.29, 1.82) is 0 Å². The maximum Gasteiger partial charge on any atom is 0.183 e. The number of hydrogen-bond donors (Lipinski definition) is 1. The van der Waals surface area contributed by atoms with E-state index in [1.165, 1.54) is 19.3 Å². The topological polar surface area (TPSA) is 37.4 Å². The molecule has 1 aromatic heterocycles. The maximum absolute atomic E-state index is 5.31. The van der Waals surface area contributed by atoms with Crippen LogP contribution < -0.4 is 10.2 Å². The molecule has 0 saturated carbocycles. The lowest BCUT2D eigenvalue weighted by Gasteiger charge is -2.39. The van der Waals surface area contributed by atoms with Gasteiger partial charge in [-0.2, -0.15) is 0 Å². The minimum atomic E-state index is 0.533. The highest BCUT2D eigenvalue weighted by Crippen LogP contribution is 2.26. The molecule has 0 aliphatic carbocycles. The van der Waals surface area contributed by atoms with E-state index in [0.29, 0.717) is 12.1 Å². The predicted octanol–water partition coefficient (Wildman–Crippen LogP) is 2.68. The zero-order chi connectivity index (χ0) is 12.3. The number of ether oxygens (including phenoxy) is 1. The molecule has 1 aliphatic heterocycles. The average molecular weight is 235 g/mol. The molecule has 1 fully saturated rings. The third-order valence-corrected chi connectivity index (χ3v) is 3.42. The van der Waals surface area contributed by atoms with Gasteiger partial charge in [0.15, 0.2) is 11.6 Å². The van der Waals surface area contributed by atoms with Crippen LogP contribution in [0.5, 0.6) is 5.75 Å². The van der Waals surface area contributed by atoms with E-state index in [-0.39, 0.29) is 0 Å². The van der Waals surface area contributed by atoms with Crippen molar-refractivity contribution in [3.8, 4) is 5.75 Å². The van der Waals surface area contributed by atoms with Gasteiger partial charge in [-0.3, -0.25) is 5.43 Å². The summed E-state index contributed by atoms with van der Waals surface area (Å²) in [7, 11) is 1.67. The van der Waals surface area contributed by atoms with Gasteiger partial charge in [0.05, 0.1) is 7.11 Å². The summed E-state index contributed by atoms with van der Waals surface area (Å²) in [5.74, 6) is 1.59. The molecule has 2 atom stereocenters. The fourth-order valence-corrected chi connectivity index (χ4v) is 2.40. The maximum atomic E-state index is 5.31. The standard InChI is InChI=1S/C13H21N3O/c1-10-6-4-7-11(2)16(10)15-13-12(17-3)8-5-9-14-13/h5,8-11H,4,6-7H2,1-3H3,(H,14,15). The monoisotopic (exact) mass is 235 g/mol. The quantitative estimate of drug-likeness (QED) is 0.874. The van der Waals surface area contributed by atoms with Crippen molar-refractivity contribution >= 4 is 5.82 Å². The van der Waals surface area contributed by atoms with E-state index in [4.69, 9.17) is 4.74 Å². The van der Waals surface area contributed by atoms with Gasteiger partial charge in [0.25, 0.3) is 0 Å². The SMILES string of the molecule is COc1cccnc1NN1C(C)CCCC1C. The zero-order valence-corrected chi connectivity index (χ0v) is 10.8. The molecule has 2 rings (SSSR count). The van der Waals surface area contributed by atoms with E-state index in [0.717, 1.165) is 11.6 Å². The number of anilines is 1. The van der Waals surface area contributed by atoms with Gasteiger partial charge in [-0.25, -0.2) is 9.99 Å². The lowest BCUT2D eigenvalue weighted by Crippen LogP contribution is -2.47. The fraction of sp³-hybridized carbons (Fsp3) is 0.615. The van der Waals surface area contributed by atoms with Crippen molar-refractivity contribution in [1.82, 2.24) is 9.99 Å². The Morgan fingerprint density at radius 3 is 2.71 bits per heavy atom. The Hall–Kier alpha value is -1.29. The Labute approximate surface area is 103 Å².